The van der Waals surface area contributed by atoms with Gasteiger partial charge in [0.25, 0.3) is 0 Å². The molecule has 0 aliphatic carbocycles. The lowest BCUT2D eigenvalue weighted by Crippen LogP contribution is -2.37. The van der Waals surface area contributed by atoms with Gasteiger partial charge in [0.15, 0.2) is 5.75 Å². The Labute approximate surface area is 105 Å². The number of nitrogens with zero attached hydrogens (tertiary/aromatic N) is 1. The van der Waals surface area contributed by atoms with Gasteiger partial charge in [-0.3, -0.25) is 10.1 Å². The minimum absolute atomic E-state index is 0.0706. The second kappa shape index (κ2) is 5.68. The van der Waals surface area contributed by atoms with Crippen molar-refractivity contribution >= 4 is 5.69 Å². The van der Waals surface area contributed by atoms with Gasteiger partial charge in [-0.05, 0) is 31.5 Å². The molecule has 1 aliphatic rings. The Morgan fingerprint density at radius 1 is 1.50 bits per heavy atom. The number of nitro benzene ring substituents is 1. The number of rotatable bonds is 4. The number of nitro groups is 1. The van der Waals surface area contributed by atoms with Crippen LogP contribution in [0.1, 0.15) is 12.8 Å². The second-order valence-electron chi connectivity index (χ2n) is 4.18. The predicted octanol–water partition coefficient (Wildman–Crippen LogP) is 1.73. The number of benzene rings is 1. The van der Waals surface area contributed by atoms with E-state index in [9.17, 15) is 10.1 Å². The largest absolute Gasteiger partial charge is 0.490 e. The van der Waals surface area contributed by atoms with E-state index in [-0.39, 0.29) is 17.5 Å². The lowest BCUT2D eigenvalue weighted by molar-refractivity contribution is -0.385. The normalized spacial score (nSPS) is 19.3. The van der Waals surface area contributed by atoms with Gasteiger partial charge < -0.3 is 14.8 Å². The van der Waals surface area contributed by atoms with Crippen LogP contribution in [-0.4, -0.2) is 31.2 Å². The first kappa shape index (κ1) is 12.6. The van der Waals surface area contributed by atoms with Crippen LogP contribution in [0.5, 0.6) is 11.5 Å². The molecule has 0 aromatic heterocycles. The van der Waals surface area contributed by atoms with Crippen LogP contribution in [0, 0.1) is 10.1 Å². The predicted molar refractivity (Wildman–Crippen MR) is 66.2 cm³/mol. The third-order valence-electron chi connectivity index (χ3n) is 2.90. The second-order valence-corrected chi connectivity index (χ2v) is 4.18. The van der Waals surface area contributed by atoms with Crippen LogP contribution in [0.2, 0.25) is 0 Å². The highest BCUT2D eigenvalue weighted by Crippen LogP contribution is 2.31. The standard InChI is InChI=1S/C12H16N2O4/c1-17-12-5-4-9(7-11(12)14(15)16)18-10-3-2-6-13-8-10/h4-5,7,10,13H,2-3,6,8H2,1H3. The molecule has 0 saturated carbocycles. The average molecular weight is 252 g/mol. The van der Waals surface area contributed by atoms with E-state index in [2.05, 4.69) is 5.32 Å². The minimum Gasteiger partial charge on any atom is -0.490 e. The molecule has 1 unspecified atom stereocenters. The zero-order valence-electron chi connectivity index (χ0n) is 10.2. The van der Waals surface area contributed by atoms with Gasteiger partial charge in [-0.15, -0.1) is 0 Å². The molecule has 1 heterocycles. The molecular weight excluding hydrogens is 236 g/mol. The molecule has 1 aromatic rings. The van der Waals surface area contributed by atoms with E-state index in [1.807, 2.05) is 0 Å². The van der Waals surface area contributed by atoms with Crippen LogP contribution in [0.25, 0.3) is 0 Å². The van der Waals surface area contributed by atoms with Gasteiger partial charge in [0, 0.05) is 6.54 Å². The van der Waals surface area contributed by atoms with E-state index < -0.39 is 4.92 Å². The molecule has 1 saturated heterocycles. The van der Waals surface area contributed by atoms with Gasteiger partial charge in [0.05, 0.1) is 18.1 Å². The van der Waals surface area contributed by atoms with E-state index in [4.69, 9.17) is 9.47 Å². The van der Waals surface area contributed by atoms with Crippen molar-refractivity contribution in [2.75, 3.05) is 20.2 Å². The Bertz CT molecular complexity index is 430. The van der Waals surface area contributed by atoms with Gasteiger partial charge in [-0.2, -0.15) is 0 Å². The van der Waals surface area contributed by atoms with Crippen molar-refractivity contribution in [2.45, 2.75) is 18.9 Å². The van der Waals surface area contributed by atoms with E-state index in [1.165, 1.54) is 13.2 Å². The number of ether oxygens (including phenoxy) is 2. The fourth-order valence-electron chi connectivity index (χ4n) is 2.00. The van der Waals surface area contributed by atoms with E-state index >= 15 is 0 Å². The van der Waals surface area contributed by atoms with E-state index in [0.717, 1.165) is 25.9 Å². The summed E-state index contributed by atoms with van der Waals surface area (Å²) in [5.41, 5.74) is -0.0706. The number of piperidine rings is 1. The molecule has 0 amide bonds. The fraction of sp³-hybridized carbons (Fsp3) is 0.500. The van der Waals surface area contributed by atoms with Crippen molar-refractivity contribution in [1.82, 2.24) is 5.32 Å². The molecule has 0 spiro atoms. The molecule has 6 heteroatoms. The molecular formula is C12H16N2O4. The van der Waals surface area contributed by atoms with Crippen LogP contribution in [0.4, 0.5) is 5.69 Å². The summed E-state index contributed by atoms with van der Waals surface area (Å²) < 4.78 is 10.7. The first-order valence-electron chi connectivity index (χ1n) is 5.90. The number of methoxy groups -OCH3 is 1. The molecule has 98 valence electrons. The summed E-state index contributed by atoms with van der Waals surface area (Å²) >= 11 is 0. The van der Waals surface area contributed by atoms with E-state index in [0.29, 0.717) is 5.75 Å². The SMILES string of the molecule is COc1ccc(OC2CCCNC2)cc1[N+](=O)[O-]. The Morgan fingerprint density at radius 3 is 2.94 bits per heavy atom. The van der Waals surface area contributed by atoms with Crippen LogP contribution in [-0.2, 0) is 0 Å². The number of hydrogen-bond donors (Lipinski definition) is 1. The third-order valence-corrected chi connectivity index (χ3v) is 2.90. The molecule has 6 nitrogen and oxygen atoms in total. The summed E-state index contributed by atoms with van der Waals surface area (Å²) in [6.45, 7) is 1.78. The van der Waals surface area contributed by atoms with Crippen LogP contribution in [0.15, 0.2) is 18.2 Å². The molecule has 0 bridgehead atoms. The smallest absolute Gasteiger partial charge is 0.314 e. The molecule has 18 heavy (non-hydrogen) atoms. The van der Waals surface area contributed by atoms with Gasteiger partial charge in [0.1, 0.15) is 11.9 Å². The van der Waals surface area contributed by atoms with Crippen LogP contribution in [0.3, 0.4) is 0 Å². The van der Waals surface area contributed by atoms with Crippen LogP contribution >= 0.6 is 0 Å². The molecule has 1 fully saturated rings. The maximum absolute atomic E-state index is 10.9. The summed E-state index contributed by atoms with van der Waals surface area (Å²) in [4.78, 5) is 10.4. The maximum Gasteiger partial charge on any atom is 0.314 e. The topological polar surface area (TPSA) is 73.6 Å². The van der Waals surface area contributed by atoms with Crippen molar-refractivity contribution < 1.29 is 14.4 Å². The summed E-state index contributed by atoms with van der Waals surface area (Å²) in [5, 5.41) is 14.1. The highest BCUT2D eigenvalue weighted by molar-refractivity contribution is 5.50. The average Bonchev–Trinajstić information content (AvgIpc) is 2.40. The molecule has 2 rings (SSSR count). The molecule has 1 atom stereocenters. The Balaban J connectivity index is 2.13. The Hall–Kier alpha value is -1.82. The fourth-order valence-corrected chi connectivity index (χ4v) is 2.00. The van der Waals surface area contributed by atoms with Gasteiger partial charge in [0.2, 0.25) is 0 Å². The number of nitrogens with one attached hydrogen (secondary N) is 1. The van der Waals surface area contributed by atoms with Crippen molar-refractivity contribution in [3.05, 3.63) is 28.3 Å². The Morgan fingerprint density at radius 2 is 2.33 bits per heavy atom. The quantitative estimate of drug-likeness (QED) is 0.652. The summed E-state index contributed by atoms with van der Waals surface area (Å²) in [5.74, 6) is 0.755. The van der Waals surface area contributed by atoms with Gasteiger partial charge >= 0.3 is 5.69 Å². The summed E-state index contributed by atoms with van der Waals surface area (Å²) in [7, 11) is 1.41. The van der Waals surface area contributed by atoms with Crippen molar-refractivity contribution in [1.29, 1.82) is 0 Å². The van der Waals surface area contributed by atoms with Crippen molar-refractivity contribution in [3.63, 3.8) is 0 Å². The summed E-state index contributed by atoms with van der Waals surface area (Å²) in [6, 6.07) is 4.66. The van der Waals surface area contributed by atoms with Crippen LogP contribution < -0.4 is 14.8 Å². The lowest BCUT2D eigenvalue weighted by Gasteiger charge is -2.23. The molecule has 1 aromatic carbocycles. The van der Waals surface area contributed by atoms with Crippen molar-refractivity contribution in [3.8, 4) is 11.5 Å². The maximum atomic E-state index is 10.9. The van der Waals surface area contributed by atoms with E-state index in [1.54, 1.807) is 12.1 Å². The zero-order chi connectivity index (χ0) is 13.0. The number of hydrogen-bond acceptors (Lipinski definition) is 5. The van der Waals surface area contributed by atoms with Gasteiger partial charge in [-0.25, -0.2) is 0 Å². The first-order chi connectivity index (χ1) is 8.70. The lowest BCUT2D eigenvalue weighted by atomic mass is 10.1. The van der Waals surface area contributed by atoms with Gasteiger partial charge in [-0.1, -0.05) is 0 Å². The highest BCUT2D eigenvalue weighted by atomic mass is 16.6. The zero-order valence-corrected chi connectivity index (χ0v) is 10.2. The first-order valence-corrected chi connectivity index (χ1v) is 5.90. The summed E-state index contributed by atoms with van der Waals surface area (Å²) in [6.07, 6.45) is 2.10. The monoisotopic (exact) mass is 252 g/mol. The molecule has 1 N–H and O–H groups in total. The molecule has 1 aliphatic heterocycles. The minimum atomic E-state index is -0.467. The highest BCUT2D eigenvalue weighted by Gasteiger charge is 2.19. The third kappa shape index (κ3) is 2.89. The Kier molecular flexibility index (Phi) is 3.99. The van der Waals surface area contributed by atoms with Crippen molar-refractivity contribution in [2.24, 2.45) is 0 Å². The molecule has 0 radical (unpaired) electrons.